The Kier molecular flexibility index (Phi) is 12.6. The van der Waals surface area contributed by atoms with Gasteiger partial charge in [0.25, 0.3) is 5.12 Å². The van der Waals surface area contributed by atoms with Crippen molar-refractivity contribution in [3.05, 3.63) is 0 Å². The first-order valence-electron chi connectivity index (χ1n) is 5.61. The molecular formula is C11H21NO4S. The highest BCUT2D eigenvalue weighted by molar-refractivity contribution is 8.15. The third-order valence-electron chi connectivity index (χ3n) is 1.75. The van der Waals surface area contributed by atoms with Gasteiger partial charge in [-0.1, -0.05) is 32.0 Å². The minimum Gasteiger partial charge on any atom is -0.480 e. The summed E-state index contributed by atoms with van der Waals surface area (Å²) in [6.07, 6.45) is 1.72. The van der Waals surface area contributed by atoms with Crippen LogP contribution in [-0.2, 0) is 14.4 Å². The van der Waals surface area contributed by atoms with Crippen molar-refractivity contribution in [2.24, 2.45) is 5.73 Å². The monoisotopic (exact) mass is 263 g/mol. The number of carbonyl (C=O) groups is 3. The third-order valence-corrected chi connectivity index (χ3v) is 2.79. The molecule has 1 atom stereocenters. The van der Waals surface area contributed by atoms with Crippen molar-refractivity contribution in [1.29, 1.82) is 0 Å². The van der Waals surface area contributed by atoms with E-state index in [-0.39, 0.29) is 0 Å². The lowest BCUT2D eigenvalue weighted by Gasteiger charge is -2.04. The van der Waals surface area contributed by atoms with E-state index >= 15 is 0 Å². The van der Waals surface area contributed by atoms with Crippen LogP contribution in [-0.4, -0.2) is 33.8 Å². The van der Waals surface area contributed by atoms with Crippen molar-refractivity contribution in [3.8, 4) is 0 Å². The molecule has 0 aliphatic heterocycles. The summed E-state index contributed by atoms with van der Waals surface area (Å²) in [5.41, 5.74) is 5.28. The predicted molar refractivity (Wildman–Crippen MR) is 69.0 cm³/mol. The van der Waals surface area contributed by atoms with Gasteiger partial charge in [0.15, 0.2) is 0 Å². The zero-order valence-corrected chi connectivity index (χ0v) is 11.4. The summed E-state index contributed by atoms with van der Waals surface area (Å²) >= 11 is 0.968. The number of aliphatic carboxylic acids is 1. The number of unbranched alkanes of at least 4 members (excludes halogenated alkanes) is 1. The molecule has 0 aliphatic rings. The zero-order chi connectivity index (χ0) is 13.8. The Morgan fingerprint density at radius 3 is 2.18 bits per heavy atom. The van der Waals surface area contributed by atoms with E-state index < -0.39 is 22.9 Å². The van der Waals surface area contributed by atoms with Crippen LogP contribution in [0.5, 0.6) is 0 Å². The molecule has 0 bridgehead atoms. The van der Waals surface area contributed by atoms with E-state index in [2.05, 4.69) is 0 Å². The van der Waals surface area contributed by atoms with Gasteiger partial charge in [-0.25, -0.2) is 0 Å². The van der Waals surface area contributed by atoms with Crippen LogP contribution < -0.4 is 5.73 Å². The van der Waals surface area contributed by atoms with Gasteiger partial charge in [0.1, 0.15) is 6.04 Å². The van der Waals surface area contributed by atoms with Crippen molar-refractivity contribution in [2.45, 2.75) is 46.1 Å². The Balaban J connectivity index is 0. The molecule has 0 aliphatic carbocycles. The molecule has 0 fully saturated rings. The van der Waals surface area contributed by atoms with Crippen LogP contribution in [0.4, 0.5) is 0 Å². The van der Waals surface area contributed by atoms with Gasteiger partial charge in [-0.05, 0) is 12.8 Å². The lowest BCUT2D eigenvalue weighted by atomic mass is 10.1. The fourth-order valence-electron chi connectivity index (χ4n) is 0.856. The zero-order valence-electron chi connectivity index (χ0n) is 10.6. The molecule has 0 spiro atoms. The van der Waals surface area contributed by atoms with Gasteiger partial charge in [-0.15, -0.1) is 0 Å². The van der Waals surface area contributed by atoms with Crippen LogP contribution in [0, 0.1) is 0 Å². The minimum absolute atomic E-state index is 0.393. The molecular weight excluding hydrogens is 242 g/mol. The highest BCUT2D eigenvalue weighted by atomic mass is 32.2. The number of carbonyl (C=O) groups excluding carboxylic acids is 2. The maximum atomic E-state index is 10.8. The summed E-state index contributed by atoms with van der Waals surface area (Å²) in [5.74, 6) is -0.935. The molecule has 0 heterocycles. The number of thioether (sulfide) groups is 1. The molecule has 0 rings (SSSR count). The number of Topliss-reactive ketones (excluding diaryl/α,β-unsaturated/α-hetero) is 1. The molecule has 0 saturated carbocycles. The smallest absolute Gasteiger partial charge is 0.320 e. The van der Waals surface area contributed by atoms with Gasteiger partial charge in [0.2, 0.25) is 5.78 Å². The van der Waals surface area contributed by atoms with Crippen LogP contribution >= 0.6 is 11.8 Å². The van der Waals surface area contributed by atoms with E-state index in [0.717, 1.165) is 11.8 Å². The molecule has 1 unspecified atom stereocenters. The van der Waals surface area contributed by atoms with E-state index in [1.54, 1.807) is 0 Å². The standard InChI is InChI=1S/C9H15NO4S.C2H6/c1-6(11)9(14)15-5-3-2-4-7(10)8(12)13;1-2/h7H,2-5,10H2,1H3,(H,12,13);1-2H3. The Bertz CT molecular complexity index is 256. The summed E-state index contributed by atoms with van der Waals surface area (Å²) in [4.78, 5) is 31.7. The van der Waals surface area contributed by atoms with E-state index in [1.807, 2.05) is 13.8 Å². The highest BCUT2D eigenvalue weighted by Gasteiger charge is 2.11. The predicted octanol–water partition coefficient (Wildman–Crippen LogP) is 1.44. The normalized spacial score (nSPS) is 11.1. The van der Waals surface area contributed by atoms with Crippen LogP contribution in [0.2, 0.25) is 0 Å². The molecule has 0 aromatic rings. The van der Waals surface area contributed by atoms with E-state index in [9.17, 15) is 14.4 Å². The number of ketones is 1. The second-order valence-corrected chi connectivity index (χ2v) is 4.20. The van der Waals surface area contributed by atoms with Crippen LogP contribution in [0.1, 0.15) is 40.0 Å². The first kappa shape index (κ1) is 18.5. The number of nitrogens with two attached hydrogens (primary N) is 1. The SMILES string of the molecule is CC.CC(=O)C(=O)SCCCCC(N)C(=O)O. The van der Waals surface area contributed by atoms with Crippen molar-refractivity contribution >= 4 is 28.6 Å². The fraction of sp³-hybridized carbons (Fsp3) is 0.727. The van der Waals surface area contributed by atoms with E-state index in [0.29, 0.717) is 25.0 Å². The summed E-state index contributed by atoms with van der Waals surface area (Å²) in [7, 11) is 0. The van der Waals surface area contributed by atoms with Gasteiger partial charge in [-0.3, -0.25) is 14.4 Å². The molecule has 0 amide bonds. The number of rotatable bonds is 7. The highest BCUT2D eigenvalue weighted by Crippen LogP contribution is 2.08. The molecule has 0 aromatic carbocycles. The molecule has 0 saturated heterocycles. The Hall–Kier alpha value is -0.880. The number of carboxylic acids is 1. The third kappa shape index (κ3) is 11.4. The molecule has 5 nitrogen and oxygen atoms in total. The average Bonchev–Trinajstić information content (AvgIpc) is 2.30. The Labute approximate surface area is 106 Å². The average molecular weight is 263 g/mol. The van der Waals surface area contributed by atoms with Gasteiger partial charge in [-0.2, -0.15) is 0 Å². The maximum absolute atomic E-state index is 10.8. The van der Waals surface area contributed by atoms with Crippen LogP contribution in [0.25, 0.3) is 0 Å². The number of hydrogen-bond donors (Lipinski definition) is 2. The van der Waals surface area contributed by atoms with E-state index in [4.69, 9.17) is 10.8 Å². The first-order valence-corrected chi connectivity index (χ1v) is 6.59. The molecule has 3 N–H and O–H groups in total. The van der Waals surface area contributed by atoms with Gasteiger partial charge < -0.3 is 10.8 Å². The molecule has 0 radical (unpaired) electrons. The maximum Gasteiger partial charge on any atom is 0.320 e. The van der Waals surface area contributed by atoms with Gasteiger partial charge >= 0.3 is 5.97 Å². The summed E-state index contributed by atoms with van der Waals surface area (Å²) in [6.45, 7) is 5.23. The van der Waals surface area contributed by atoms with Crippen molar-refractivity contribution in [1.82, 2.24) is 0 Å². The topological polar surface area (TPSA) is 97.5 Å². The molecule has 100 valence electrons. The minimum atomic E-state index is -1.01. The summed E-state index contributed by atoms with van der Waals surface area (Å²) in [5, 5.41) is 8.02. The quantitative estimate of drug-likeness (QED) is 0.533. The van der Waals surface area contributed by atoms with Crippen LogP contribution in [0.3, 0.4) is 0 Å². The van der Waals surface area contributed by atoms with Gasteiger partial charge in [0, 0.05) is 12.7 Å². The molecule has 0 aromatic heterocycles. The first-order chi connectivity index (χ1) is 7.95. The van der Waals surface area contributed by atoms with Crippen molar-refractivity contribution < 1.29 is 19.5 Å². The molecule has 6 heteroatoms. The molecule has 17 heavy (non-hydrogen) atoms. The van der Waals surface area contributed by atoms with Crippen LogP contribution in [0.15, 0.2) is 0 Å². The Morgan fingerprint density at radius 2 is 1.76 bits per heavy atom. The van der Waals surface area contributed by atoms with E-state index in [1.165, 1.54) is 6.92 Å². The summed E-state index contributed by atoms with van der Waals surface area (Å²) < 4.78 is 0. The Morgan fingerprint density at radius 1 is 1.24 bits per heavy atom. The lowest BCUT2D eigenvalue weighted by molar-refractivity contribution is -0.138. The van der Waals surface area contributed by atoms with Crippen molar-refractivity contribution in [3.63, 3.8) is 0 Å². The number of carboxylic acid groups (broad SMARTS) is 1. The van der Waals surface area contributed by atoms with Gasteiger partial charge in [0.05, 0.1) is 0 Å². The number of hydrogen-bond acceptors (Lipinski definition) is 5. The van der Waals surface area contributed by atoms with Crippen molar-refractivity contribution in [2.75, 3.05) is 5.75 Å². The second-order valence-electron chi connectivity index (χ2n) is 3.13. The lowest BCUT2D eigenvalue weighted by Crippen LogP contribution is -2.29. The largest absolute Gasteiger partial charge is 0.480 e. The second kappa shape index (κ2) is 11.6. The fourth-order valence-corrected chi connectivity index (χ4v) is 1.59. The summed E-state index contributed by atoms with van der Waals surface area (Å²) in [6, 6.07) is -0.835.